The molecular weight excluding hydrogens is 733 g/mol. The van der Waals surface area contributed by atoms with Crippen LogP contribution in [0.1, 0.15) is 67.8 Å². The van der Waals surface area contributed by atoms with E-state index in [9.17, 15) is 0 Å². The number of hydrogen-bond donors (Lipinski definition) is 0. The Morgan fingerprint density at radius 1 is 0.213 bits per heavy atom. The summed E-state index contributed by atoms with van der Waals surface area (Å²) in [5.74, 6) is 0.497. The van der Waals surface area contributed by atoms with Crippen molar-refractivity contribution in [1.82, 2.24) is 0 Å². The Hall–Kier alpha value is -7.54. The summed E-state index contributed by atoms with van der Waals surface area (Å²) in [5.41, 5.74) is 25.4. The van der Waals surface area contributed by atoms with Crippen molar-refractivity contribution in [3.63, 3.8) is 0 Å². The van der Waals surface area contributed by atoms with Crippen LogP contribution in [0, 0.1) is 0 Å². The van der Waals surface area contributed by atoms with E-state index < -0.39 is 0 Å². The molecule has 10 aromatic carbocycles. The molecule has 0 saturated carbocycles. The first-order valence-electron chi connectivity index (χ1n) is 21.6. The number of hydrogen-bond acceptors (Lipinski definition) is 0. The molecule has 0 saturated heterocycles. The molecule has 0 N–H and O–H groups in total. The molecule has 0 spiro atoms. The Bertz CT molecular complexity index is 3370. The smallest absolute Gasteiger partial charge is 0.0358 e. The minimum Gasteiger partial charge on any atom is -0.0622 e. The van der Waals surface area contributed by atoms with Gasteiger partial charge in [0.1, 0.15) is 0 Å². The van der Waals surface area contributed by atoms with Gasteiger partial charge in [0, 0.05) is 17.8 Å². The lowest BCUT2D eigenvalue weighted by atomic mass is 9.84. The minimum absolute atomic E-state index is 0.112. The molecule has 3 unspecified atom stereocenters. The SMILES string of the molecule is c1ccc(-c2cccc(C3c4ccc(-c5ccc6c(c5)-c5ccccc5C6c5cccc6ccccc56)cc4-c4cc5c(cc43)C(c3ccccc3)c3ccccc3-5)c2)cc1. The molecule has 0 heterocycles. The van der Waals surface area contributed by atoms with E-state index in [1.807, 2.05) is 0 Å². The minimum atomic E-state index is 0.112. The van der Waals surface area contributed by atoms with Crippen molar-refractivity contribution >= 4 is 10.8 Å². The van der Waals surface area contributed by atoms with Gasteiger partial charge in [-0.1, -0.05) is 206 Å². The van der Waals surface area contributed by atoms with Crippen LogP contribution in [0.5, 0.6) is 0 Å². The number of rotatable bonds is 5. The Morgan fingerprint density at radius 3 is 1.43 bits per heavy atom. The molecule has 3 atom stereocenters. The topological polar surface area (TPSA) is 0 Å². The predicted molar refractivity (Wildman–Crippen MR) is 253 cm³/mol. The zero-order valence-corrected chi connectivity index (χ0v) is 33.6. The van der Waals surface area contributed by atoms with Crippen LogP contribution in [-0.4, -0.2) is 0 Å². The summed E-state index contributed by atoms with van der Waals surface area (Å²) in [6, 6.07) is 84.5. The highest BCUT2D eigenvalue weighted by molar-refractivity contribution is 5.94. The van der Waals surface area contributed by atoms with Crippen molar-refractivity contribution in [3.05, 3.63) is 275 Å². The molecule has 0 nitrogen and oxygen atoms in total. The van der Waals surface area contributed by atoms with Gasteiger partial charge in [-0.3, -0.25) is 0 Å². The van der Waals surface area contributed by atoms with Crippen LogP contribution in [0.25, 0.3) is 66.4 Å². The first kappa shape index (κ1) is 34.3. The van der Waals surface area contributed by atoms with E-state index in [0.29, 0.717) is 0 Å². The van der Waals surface area contributed by atoms with Gasteiger partial charge in [0.2, 0.25) is 0 Å². The molecule has 3 aliphatic rings. The molecule has 284 valence electrons. The molecule has 61 heavy (non-hydrogen) atoms. The summed E-state index contributed by atoms with van der Waals surface area (Å²) in [6.07, 6.45) is 0. The third-order valence-corrected chi connectivity index (χ3v) is 13.9. The summed E-state index contributed by atoms with van der Waals surface area (Å²) in [5, 5.41) is 2.61. The van der Waals surface area contributed by atoms with Crippen molar-refractivity contribution in [2.24, 2.45) is 0 Å². The van der Waals surface area contributed by atoms with Crippen LogP contribution in [0.2, 0.25) is 0 Å². The summed E-state index contributed by atoms with van der Waals surface area (Å²) >= 11 is 0. The van der Waals surface area contributed by atoms with E-state index in [2.05, 4.69) is 224 Å². The molecule has 0 aliphatic heterocycles. The quantitative estimate of drug-likeness (QED) is 0.163. The van der Waals surface area contributed by atoms with Crippen LogP contribution < -0.4 is 0 Å². The molecule has 13 rings (SSSR count). The third-order valence-electron chi connectivity index (χ3n) is 13.9. The fraction of sp³-hybridized carbons (Fsp3) is 0.0492. The van der Waals surface area contributed by atoms with Gasteiger partial charge in [0.25, 0.3) is 0 Å². The van der Waals surface area contributed by atoms with Crippen LogP contribution in [0.15, 0.2) is 224 Å². The van der Waals surface area contributed by atoms with E-state index in [1.54, 1.807) is 0 Å². The molecule has 0 fully saturated rings. The van der Waals surface area contributed by atoms with Gasteiger partial charge in [0.15, 0.2) is 0 Å². The van der Waals surface area contributed by atoms with Crippen LogP contribution >= 0.6 is 0 Å². The van der Waals surface area contributed by atoms with Crippen LogP contribution in [-0.2, 0) is 0 Å². The second-order valence-corrected chi connectivity index (χ2v) is 17.1. The molecule has 0 radical (unpaired) electrons. The zero-order valence-electron chi connectivity index (χ0n) is 33.6. The lowest BCUT2D eigenvalue weighted by Crippen LogP contribution is -2.03. The van der Waals surface area contributed by atoms with E-state index in [0.717, 1.165) is 0 Å². The van der Waals surface area contributed by atoms with Gasteiger partial charge in [-0.2, -0.15) is 0 Å². The highest BCUT2D eigenvalue weighted by Gasteiger charge is 2.37. The second kappa shape index (κ2) is 13.5. The summed E-state index contributed by atoms with van der Waals surface area (Å²) in [4.78, 5) is 0. The fourth-order valence-corrected chi connectivity index (χ4v) is 11.2. The highest BCUT2D eigenvalue weighted by atomic mass is 14.4. The highest BCUT2D eigenvalue weighted by Crippen LogP contribution is 2.57. The number of benzene rings is 10. The third kappa shape index (κ3) is 5.25. The van der Waals surface area contributed by atoms with Gasteiger partial charge in [-0.25, -0.2) is 0 Å². The van der Waals surface area contributed by atoms with Gasteiger partial charge < -0.3 is 0 Å². The summed E-state index contributed by atoms with van der Waals surface area (Å²) in [6.45, 7) is 0. The van der Waals surface area contributed by atoms with Gasteiger partial charge in [-0.15, -0.1) is 0 Å². The number of fused-ring (bicyclic) bond motifs is 10. The zero-order chi connectivity index (χ0) is 40.0. The Morgan fingerprint density at radius 2 is 0.672 bits per heavy atom. The average Bonchev–Trinajstić information content (AvgIpc) is 3.95. The Kier molecular flexibility index (Phi) is 7.60. The standard InChI is InChI=1S/C61H40/c1-3-15-38(16-4-1)41-21-13-22-44(33-41)60-51-31-29-43(35-54(51)56-36-55-46-24-9-11-26-49(46)59(57(55)37-58(56)60)40-18-5-2-6-19-40)42-30-32-52-53(34-42)47-25-10-12-27-50(47)61(52)48-28-14-20-39-17-7-8-23-45(39)48/h1-37,59-61H. The fourth-order valence-electron chi connectivity index (χ4n) is 11.2. The molecule has 0 bridgehead atoms. The monoisotopic (exact) mass is 772 g/mol. The summed E-state index contributed by atoms with van der Waals surface area (Å²) in [7, 11) is 0. The first-order chi connectivity index (χ1) is 30.3. The molecule has 0 amide bonds. The van der Waals surface area contributed by atoms with Crippen molar-refractivity contribution in [2.45, 2.75) is 17.8 Å². The normalized spacial score (nSPS) is 16.4. The lowest BCUT2D eigenvalue weighted by molar-refractivity contribution is 0.982. The molecule has 3 aliphatic carbocycles. The Labute approximate surface area is 357 Å². The molecule has 0 heteroatoms. The maximum atomic E-state index is 2.57. The van der Waals surface area contributed by atoms with E-state index >= 15 is 0 Å². The average molecular weight is 773 g/mol. The van der Waals surface area contributed by atoms with Gasteiger partial charge in [0.05, 0.1) is 0 Å². The predicted octanol–water partition coefficient (Wildman–Crippen LogP) is 15.7. The maximum Gasteiger partial charge on any atom is 0.0358 e. The largest absolute Gasteiger partial charge is 0.0622 e. The molecule has 0 aromatic heterocycles. The van der Waals surface area contributed by atoms with Crippen LogP contribution in [0.4, 0.5) is 0 Å². The van der Waals surface area contributed by atoms with E-state index in [1.165, 1.54) is 116 Å². The summed E-state index contributed by atoms with van der Waals surface area (Å²) < 4.78 is 0. The van der Waals surface area contributed by atoms with E-state index in [-0.39, 0.29) is 17.8 Å². The van der Waals surface area contributed by atoms with Gasteiger partial charge >= 0.3 is 0 Å². The molecular formula is C61H40. The van der Waals surface area contributed by atoms with Crippen LogP contribution in [0.3, 0.4) is 0 Å². The molecule has 10 aromatic rings. The first-order valence-corrected chi connectivity index (χ1v) is 21.6. The maximum absolute atomic E-state index is 2.57. The van der Waals surface area contributed by atoms with Crippen molar-refractivity contribution in [1.29, 1.82) is 0 Å². The lowest BCUT2D eigenvalue weighted by Gasteiger charge is -2.19. The van der Waals surface area contributed by atoms with Crippen molar-refractivity contribution in [3.8, 4) is 55.6 Å². The second-order valence-electron chi connectivity index (χ2n) is 17.1. The van der Waals surface area contributed by atoms with E-state index in [4.69, 9.17) is 0 Å². The van der Waals surface area contributed by atoms with Crippen molar-refractivity contribution < 1.29 is 0 Å². The van der Waals surface area contributed by atoms with Crippen molar-refractivity contribution in [2.75, 3.05) is 0 Å². The Balaban J connectivity index is 0.987. The van der Waals surface area contributed by atoms with Gasteiger partial charge in [-0.05, 0) is 135 Å².